The summed E-state index contributed by atoms with van der Waals surface area (Å²) < 4.78 is 18.7. The third-order valence-electron chi connectivity index (χ3n) is 3.96. The number of aromatic nitrogens is 1. The molecule has 0 aliphatic rings. The van der Waals surface area contributed by atoms with Crippen LogP contribution in [0, 0.1) is 12.7 Å². The standard InChI is InChI=1S/C20H20FNO2/c1-13-18(20(2,3)23)10-15-6-9-17(11-19(15)22-13)24-12-14-4-7-16(21)8-5-14/h4-11,23H,12H2,1-3H3. The number of rotatable bonds is 4. The van der Waals surface area contributed by atoms with Gasteiger partial charge in [-0.1, -0.05) is 12.1 Å². The van der Waals surface area contributed by atoms with E-state index in [4.69, 9.17) is 4.74 Å². The van der Waals surface area contributed by atoms with Crippen LogP contribution in [0.2, 0.25) is 0 Å². The Morgan fingerprint density at radius 2 is 1.79 bits per heavy atom. The van der Waals surface area contributed by atoms with Gasteiger partial charge in [-0.05, 0) is 56.7 Å². The second-order valence-electron chi connectivity index (χ2n) is 6.45. The molecule has 1 heterocycles. The van der Waals surface area contributed by atoms with Crippen LogP contribution in [0.25, 0.3) is 10.9 Å². The molecule has 1 N–H and O–H groups in total. The van der Waals surface area contributed by atoms with E-state index < -0.39 is 5.60 Å². The van der Waals surface area contributed by atoms with Crippen LogP contribution in [0.5, 0.6) is 5.75 Å². The lowest BCUT2D eigenvalue weighted by molar-refractivity contribution is 0.0777. The Balaban J connectivity index is 1.84. The zero-order valence-corrected chi connectivity index (χ0v) is 14.0. The molecule has 0 saturated carbocycles. The highest BCUT2D eigenvalue weighted by Gasteiger charge is 2.20. The van der Waals surface area contributed by atoms with Crippen LogP contribution in [0.4, 0.5) is 4.39 Å². The van der Waals surface area contributed by atoms with Gasteiger partial charge in [-0.2, -0.15) is 0 Å². The topological polar surface area (TPSA) is 42.4 Å². The number of nitrogens with zero attached hydrogens (tertiary/aromatic N) is 1. The minimum absolute atomic E-state index is 0.258. The highest BCUT2D eigenvalue weighted by molar-refractivity contribution is 5.81. The van der Waals surface area contributed by atoms with E-state index in [0.717, 1.165) is 27.7 Å². The third-order valence-corrected chi connectivity index (χ3v) is 3.96. The molecule has 1 aromatic heterocycles. The van der Waals surface area contributed by atoms with E-state index in [9.17, 15) is 9.50 Å². The van der Waals surface area contributed by atoms with E-state index in [1.807, 2.05) is 31.2 Å². The molecule has 3 nitrogen and oxygen atoms in total. The molecule has 0 saturated heterocycles. The summed E-state index contributed by atoms with van der Waals surface area (Å²) in [5.41, 5.74) is 2.40. The lowest BCUT2D eigenvalue weighted by atomic mass is 9.95. The number of aryl methyl sites for hydroxylation is 1. The molecule has 0 radical (unpaired) electrons. The minimum atomic E-state index is -0.928. The van der Waals surface area contributed by atoms with Gasteiger partial charge in [0, 0.05) is 22.7 Å². The van der Waals surface area contributed by atoms with Crippen molar-refractivity contribution in [3.8, 4) is 5.75 Å². The van der Waals surface area contributed by atoms with E-state index in [-0.39, 0.29) is 5.82 Å². The maximum atomic E-state index is 12.9. The van der Waals surface area contributed by atoms with E-state index in [1.165, 1.54) is 12.1 Å². The Hall–Kier alpha value is -2.46. The van der Waals surface area contributed by atoms with Crippen molar-refractivity contribution in [1.82, 2.24) is 4.98 Å². The molecule has 24 heavy (non-hydrogen) atoms. The zero-order valence-electron chi connectivity index (χ0n) is 14.0. The van der Waals surface area contributed by atoms with Crippen molar-refractivity contribution in [2.45, 2.75) is 33.0 Å². The van der Waals surface area contributed by atoms with E-state index >= 15 is 0 Å². The largest absolute Gasteiger partial charge is 0.489 e. The molecular formula is C20H20FNO2. The molecule has 0 amide bonds. The van der Waals surface area contributed by atoms with E-state index in [0.29, 0.717) is 12.4 Å². The molecule has 0 spiro atoms. The van der Waals surface area contributed by atoms with Gasteiger partial charge in [0.2, 0.25) is 0 Å². The van der Waals surface area contributed by atoms with Crippen LogP contribution in [-0.4, -0.2) is 10.1 Å². The molecule has 2 aromatic carbocycles. The van der Waals surface area contributed by atoms with Gasteiger partial charge in [0.05, 0.1) is 11.1 Å². The Kier molecular flexibility index (Phi) is 4.24. The van der Waals surface area contributed by atoms with Crippen molar-refractivity contribution >= 4 is 10.9 Å². The quantitative estimate of drug-likeness (QED) is 0.768. The first-order valence-electron chi connectivity index (χ1n) is 7.84. The average molecular weight is 325 g/mol. The summed E-state index contributed by atoms with van der Waals surface area (Å²) in [6.07, 6.45) is 0. The molecular weight excluding hydrogens is 305 g/mol. The predicted molar refractivity (Wildman–Crippen MR) is 92.5 cm³/mol. The Morgan fingerprint density at radius 3 is 2.46 bits per heavy atom. The number of halogens is 1. The maximum Gasteiger partial charge on any atom is 0.123 e. The van der Waals surface area contributed by atoms with Gasteiger partial charge in [-0.3, -0.25) is 4.98 Å². The number of fused-ring (bicyclic) bond motifs is 1. The molecule has 0 unspecified atom stereocenters. The van der Waals surface area contributed by atoms with Gasteiger partial charge in [0.25, 0.3) is 0 Å². The first-order chi connectivity index (χ1) is 11.3. The van der Waals surface area contributed by atoms with Crippen LogP contribution in [0.1, 0.15) is 30.7 Å². The van der Waals surface area contributed by atoms with Crippen LogP contribution in [0.15, 0.2) is 48.5 Å². The minimum Gasteiger partial charge on any atom is -0.489 e. The number of benzene rings is 2. The lowest BCUT2D eigenvalue weighted by Crippen LogP contribution is -2.17. The van der Waals surface area contributed by atoms with Gasteiger partial charge in [0.15, 0.2) is 0 Å². The molecule has 3 rings (SSSR count). The predicted octanol–water partition coefficient (Wildman–Crippen LogP) is 4.49. The third kappa shape index (κ3) is 3.54. The van der Waals surface area contributed by atoms with Crippen molar-refractivity contribution in [1.29, 1.82) is 0 Å². The first-order valence-corrected chi connectivity index (χ1v) is 7.84. The zero-order chi connectivity index (χ0) is 17.3. The Bertz CT molecular complexity index is 867. The van der Waals surface area contributed by atoms with Gasteiger partial charge >= 0.3 is 0 Å². The lowest BCUT2D eigenvalue weighted by Gasteiger charge is -2.20. The molecule has 4 heteroatoms. The van der Waals surface area contributed by atoms with Gasteiger partial charge < -0.3 is 9.84 Å². The summed E-state index contributed by atoms with van der Waals surface area (Å²) in [5, 5.41) is 11.2. The number of hydrogen-bond acceptors (Lipinski definition) is 3. The summed E-state index contributed by atoms with van der Waals surface area (Å²) in [4.78, 5) is 4.58. The fourth-order valence-electron chi connectivity index (χ4n) is 2.70. The fourth-order valence-corrected chi connectivity index (χ4v) is 2.70. The molecule has 0 bridgehead atoms. The van der Waals surface area contributed by atoms with Crippen LogP contribution < -0.4 is 4.74 Å². The highest BCUT2D eigenvalue weighted by atomic mass is 19.1. The van der Waals surface area contributed by atoms with Crippen molar-refractivity contribution in [2.24, 2.45) is 0 Å². The summed E-state index contributed by atoms with van der Waals surface area (Å²) >= 11 is 0. The van der Waals surface area contributed by atoms with Crippen molar-refractivity contribution in [3.63, 3.8) is 0 Å². The first kappa shape index (κ1) is 16.4. The van der Waals surface area contributed by atoms with Gasteiger partial charge in [-0.15, -0.1) is 0 Å². The number of pyridine rings is 1. The van der Waals surface area contributed by atoms with Crippen molar-refractivity contribution in [3.05, 3.63) is 71.2 Å². The van der Waals surface area contributed by atoms with E-state index in [2.05, 4.69) is 4.98 Å². The van der Waals surface area contributed by atoms with E-state index in [1.54, 1.807) is 26.0 Å². The maximum absolute atomic E-state index is 12.9. The van der Waals surface area contributed by atoms with Gasteiger partial charge in [0.1, 0.15) is 18.2 Å². The number of aliphatic hydroxyl groups is 1. The van der Waals surface area contributed by atoms with Crippen LogP contribution in [-0.2, 0) is 12.2 Å². The van der Waals surface area contributed by atoms with Crippen LogP contribution >= 0.6 is 0 Å². The molecule has 0 aliphatic heterocycles. The Morgan fingerprint density at radius 1 is 1.08 bits per heavy atom. The number of hydrogen-bond donors (Lipinski definition) is 1. The molecule has 3 aromatic rings. The summed E-state index contributed by atoms with van der Waals surface area (Å²) in [7, 11) is 0. The van der Waals surface area contributed by atoms with Gasteiger partial charge in [-0.25, -0.2) is 4.39 Å². The highest BCUT2D eigenvalue weighted by Crippen LogP contribution is 2.28. The normalized spacial score (nSPS) is 11.7. The fraction of sp³-hybridized carbons (Fsp3) is 0.250. The van der Waals surface area contributed by atoms with Crippen molar-refractivity contribution < 1.29 is 14.2 Å². The molecule has 0 atom stereocenters. The second kappa shape index (κ2) is 6.21. The summed E-state index contributed by atoms with van der Waals surface area (Å²) in [6, 6.07) is 13.9. The summed E-state index contributed by atoms with van der Waals surface area (Å²) in [5.74, 6) is 0.446. The molecule has 124 valence electrons. The smallest absolute Gasteiger partial charge is 0.123 e. The SMILES string of the molecule is Cc1nc2cc(OCc3ccc(F)cc3)ccc2cc1C(C)(C)O. The molecule has 0 fully saturated rings. The Labute approximate surface area is 140 Å². The molecule has 0 aliphatic carbocycles. The van der Waals surface area contributed by atoms with Crippen molar-refractivity contribution in [2.75, 3.05) is 0 Å². The van der Waals surface area contributed by atoms with Crippen LogP contribution in [0.3, 0.4) is 0 Å². The second-order valence-corrected chi connectivity index (χ2v) is 6.45. The average Bonchev–Trinajstić information content (AvgIpc) is 2.52. The number of ether oxygens (including phenoxy) is 1. The summed E-state index contributed by atoms with van der Waals surface area (Å²) in [6.45, 7) is 5.76. The monoisotopic (exact) mass is 325 g/mol.